The summed E-state index contributed by atoms with van der Waals surface area (Å²) >= 11 is 0. The molecule has 0 amide bonds. The van der Waals surface area contributed by atoms with E-state index in [1.54, 1.807) is 6.07 Å². The number of nitrogens with one attached hydrogen (secondary N) is 1. The van der Waals surface area contributed by atoms with E-state index in [1.165, 1.54) is 0 Å². The van der Waals surface area contributed by atoms with Crippen molar-refractivity contribution in [2.75, 3.05) is 30.9 Å². The van der Waals surface area contributed by atoms with Crippen molar-refractivity contribution in [3.63, 3.8) is 0 Å². The second kappa shape index (κ2) is 6.88. The summed E-state index contributed by atoms with van der Waals surface area (Å²) in [5, 5.41) is 13.4. The number of para-hydroxylation sites is 1. The van der Waals surface area contributed by atoms with E-state index in [0.29, 0.717) is 18.9 Å². The molecule has 0 saturated carbocycles. The van der Waals surface area contributed by atoms with Crippen LogP contribution in [0.4, 0.5) is 11.4 Å². The average molecular weight is 286 g/mol. The molecule has 112 valence electrons. The van der Waals surface area contributed by atoms with Gasteiger partial charge in [0.1, 0.15) is 0 Å². The van der Waals surface area contributed by atoms with E-state index < -0.39 is 0 Å². The highest BCUT2D eigenvalue weighted by Crippen LogP contribution is 2.30. The molecule has 0 radical (unpaired) electrons. The summed E-state index contributed by atoms with van der Waals surface area (Å²) in [5.41, 5.74) is 2.99. The van der Waals surface area contributed by atoms with E-state index in [9.17, 15) is 5.11 Å². The van der Waals surface area contributed by atoms with E-state index in [1.807, 2.05) is 45.3 Å². The molecule has 4 nitrogen and oxygen atoms in total. The number of ether oxygens (including phenoxy) is 1. The second-order valence-electron chi connectivity index (χ2n) is 4.99. The monoisotopic (exact) mass is 286 g/mol. The van der Waals surface area contributed by atoms with Crippen molar-refractivity contribution in [3.8, 4) is 11.5 Å². The highest BCUT2D eigenvalue weighted by molar-refractivity contribution is 5.55. The van der Waals surface area contributed by atoms with Crippen molar-refractivity contribution < 1.29 is 9.84 Å². The molecule has 2 rings (SSSR count). The van der Waals surface area contributed by atoms with Gasteiger partial charge in [0.05, 0.1) is 6.61 Å². The summed E-state index contributed by atoms with van der Waals surface area (Å²) < 4.78 is 5.39. The first-order chi connectivity index (χ1) is 10.1. The number of phenols is 1. The quantitative estimate of drug-likeness (QED) is 0.853. The van der Waals surface area contributed by atoms with Gasteiger partial charge in [0.15, 0.2) is 11.5 Å². The van der Waals surface area contributed by atoms with Gasteiger partial charge in [-0.1, -0.05) is 12.1 Å². The van der Waals surface area contributed by atoms with Crippen molar-refractivity contribution in [2.45, 2.75) is 13.5 Å². The first-order valence-corrected chi connectivity index (χ1v) is 7.06. The molecule has 0 fully saturated rings. The van der Waals surface area contributed by atoms with Crippen molar-refractivity contribution in [2.24, 2.45) is 0 Å². The SMILES string of the molecule is CCOc1cccc(CNc2ccc(N(C)C)cc2)c1O. The molecule has 0 bridgehead atoms. The molecule has 0 aromatic heterocycles. The lowest BCUT2D eigenvalue weighted by molar-refractivity contribution is 0.317. The Labute approximate surface area is 126 Å². The van der Waals surface area contributed by atoms with Crippen LogP contribution in [0, 0.1) is 0 Å². The van der Waals surface area contributed by atoms with Gasteiger partial charge in [-0.2, -0.15) is 0 Å². The summed E-state index contributed by atoms with van der Waals surface area (Å²) in [6.45, 7) is 2.99. The van der Waals surface area contributed by atoms with Crippen LogP contribution in [0.3, 0.4) is 0 Å². The Morgan fingerprint density at radius 3 is 2.43 bits per heavy atom. The molecule has 2 N–H and O–H groups in total. The number of nitrogens with zero attached hydrogens (tertiary/aromatic N) is 1. The normalized spacial score (nSPS) is 10.2. The molecule has 0 saturated heterocycles. The molecule has 21 heavy (non-hydrogen) atoms. The van der Waals surface area contributed by atoms with E-state index in [-0.39, 0.29) is 5.75 Å². The zero-order chi connectivity index (χ0) is 15.2. The van der Waals surface area contributed by atoms with Crippen LogP contribution in [0.5, 0.6) is 11.5 Å². The third kappa shape index (κ3) is 3.81. The van der Waals surface area contributed by atoms with Gasteiger partial charge in [0.25, 0.3) is 0 Å². The average Bonchev–Trinajstić information content (AvgIpc) is 2.49. The molecule has 4 heteroatoms. The smallest absolute Gasteiger partial charge is 0.162 e. The molecule has 0 aliphatic carbocycles. The van der Waals surface area contributed by atoms with Gasteiger partial charge in [0.2, 0.25) is 0 Å². The summed E-state index contributed by atoms with van der Waals surface area (Å²) in [7, 11) is 4.03. The van der Waals surface area contributed by atoms with Crippen molar-refractivity contribution in [1.29, 1.82) is 0 Å². The minimum absolute atomic E-state index is 0.205. The highest BCUT2D eigenvalue weighted by atomic mass is 16.5. The number of anilines is 2. The number of hydrogen-bond acceptors (Lipinski definition) is 4. The van der Waals surface area contributed by atoms with Crippen LogP contribution < -0.4 is 15.0 Å². The zero-order valence-electron chi connectivity index (χ0n) is 12.8. The third-order valence-corrected chi connectivity index (χ3v) is 3.25. The van der Waals surface area contributed by atoms with Gasteiger partial charge in [-0.3, -0.25) is 0 Å². The predicted octanol–water partition coefficient (Wildman–Crippen LogP) is 3.47. The summed E-state index contributed by atoms with van der Waals surface area (Å²) in [5.74, 6) is 0.733. The molecule has 0 unspecified atom stereocenters. The van der Waals surface area contributed by atoms with Gasteiger partial charge in [0, 0.05) is 37.6 Å². The van der Waals surface area contributed by atoms with Crippen LogP contribution in [0.2, 0.25) is 0 Å². The Bertz CT molecular complexity index is 580. The van der Waals surface area contributed by atoms with Crippen molar-refractivity contribution in [3.05, 3.63) is 48.0 Å². The van der Waals surface area contributed by atoms with Crippen LogP contribution in [-0.4, -0.2) is 25.8 Å². The van der Waals surface area contributed by atoms with Crippen LogP contribution in [0.25, 0.3) is 0 Å². The summed E-state index contributed by atoms with van der Waals surface area (Å²) in [4.78, 5) is 2.06. The van der Waals surface area contributed by atoms with E-state index in [4.69, 9.17) is 4.74 Å². The van der Waals surface area contributed by atoms with E-state index in [2.05, 4.69) is 22.3 Å². The Balaban J connectivity index is 2.04. The fourth-order valence-electron chi connectivity index (χ4n) is 2.06. The fourth-order valence-corrected chi connectivity index (χ4v) is 2.06. The molecule has 0 aliphatic rings. The number of phenolic OH excluding ortho intramolecular Hbond substituents is 1. The summed E-state index contributed by atoms with van der Waals surface area (Å²) in [6, 6.07) is 13.7. The highest BCUT2D eigenvalue weighted by Gasteiger charge is 2.07. The molecule has 0 spiro atoms. The zero-order valence-corrected chi connectivity index (χ0v) is 12.8. The Morgan fingerprint density at radius 2 is 1.81 bits per heavy atom. The second-order valence-corrected chi connectivity index (χ2v) is 4.99. The Hall–Kier alpha value is -2.36. The van der Waals surface area contributed by atoms with E-state index in [0.717, 1.165) is 16.9 Å². The molecule has 0 heterocycles. The lowest BCUT2D eigenvalue weighted by atomic mass is 10.1. The van der Waals surface area contributed by atoms with Gasteiger partial charge >= 0.3 is 0 Å². The number of benzene rings is 2. The molecule has 0 atom stereocenters. The fraction of sp³-hybridized carbons (Fsp3) is 0.294. The van der Waals surface area contributed by atoms with Crippen LogP contribution in [0.15, 0.2) is 42.5 Å². The predicted molar refractivity (Wildman–Crippen MR) is 87.4 cm³/mol. The molecular formula is C17H22N2O2. The maximum Gasteiger partial charge on any atom is 0.162 e. The van der Waals surface area contributed by atoms with Gasteiger partial charge in [-0.05, 0) is 37.3 Å². The van der Waals surface area contributed by atoms with Gasteiger partial charge in [-0.25, -0.2) is 0 Å². The topological polar surface area (TPSA) is 44.7 Å². The Kier molecular flexibility index (Phi) is 4.93. The van der Waals surface area contributed by atoms with Gasteiger partial charge < -0.3 is 20.1 Å². The number of hydrogen-bond donors (Lipinski definition) is 2. The number of rotatable bonds is 6. The maximum absolute atomic E-state index is 10.1. The number of aromatic hydroxyl groups is 1. The largest absolute Gasteiger partial charge is 0.504 e. The third-order valence-electron chi connectivity index (χ3n) is 3.25. The standard InChI is InChI=1S/C17H22N2O2/c1-4-21-16-7-5-6-13(17(16)20)12-18-14-8-10-15(11-9-14)19(2)3/h5-11,18,20H,4,12H2,1-3H3. The van der Waals surface area contributed by atoms with Crippen LogP contribution >= 0.6 is 0 Å². The van der Waals surface area contributed by atoms with Crippen molar-refractivity contribution >= 4 is 11.4 Å². The van der Waals surface area contributed by atoms with Gasteiger partial charge in [-0.15, -0.1) is 0 Å². The maximum atomic E-state index is 10.1. The Morgan fingerprint density at radius 1 is 1.10 bits per heavy atom. The van der Waals surface area contributed by atoms with Crippen LogP contribution in [0.1, 0.15) is 12.5 Å². The molecular weight excluding hydrogens is 264 g/mol. The first-order valence-electron chi connectivity index (χ1n) is 7.06. The molecule has 0 aliphatic heterocycles. The summed E-state index contributed by atoms with van der Waals surface area (Å²) in [6.07, 6.45) is 0. The minimum atomic E-state index is 0.205. The van der Waals surface area contributed by atoms with Crippen molar-refractivity contribution in [1.82, 2.24) is 0 Å². The van der Waals surface area contributed by atoms with E-state index >= 15 is 0 Å². The minimum Gasteiger partial charge on any atom is -0.504 e. The van der Waals surface area contributed by atoms with Crippen LogP contribution in [-0.2, 0) is 6.54 Å². The first kappa shape index (κ1) is 15.0. The lowest BCUT2D eigenvalue weighted by Gasteiger charge is -2.14. The molecule has 2 aromatic rings. The molecule has 2 aromatic carbocycles. The lowest BCUT2D eigenvalue weighted by Crippen LogP contribution is -2.08.